The molecule has 0 saturated carbocycles. The van der Waals surface area contributed by atoms with Gasteiger partial charge in [-0.1, -0.05) is 12.1 Å². The van der Waals surface area contributed by atoms with Crippen LogP contribution in [0.4, 0.5) is 5.69 Å². The van der Waals surface area contributed by atoms with Crippen molar-refractivity contribution < 1.29 is 27.2 Å². The van der Waals surface area contributed by atoms with Gasteiger partial charge in [0, 0.05) is 11.7 Å². The monoisotopic (exact) mass is 392 g/mol. The van der Waals surface area contributed by atoms with Crippen molar-refractivity contribution in [1.29, 1.82) is 0 Å². The van der Waals surface area contributed by atoms with Crippen LogP contribution in [-0.4, -0.2) is 44.4 Å². The molecule has 1 aliphatic heterocycles. The highest BCUT2D eigenvalue weighted by Crippen LogP contribution is 2.17. The van der Waals surface area contributed by atoms with Crippen LogP contribution >= 0.6 is 0 Å². The van der Waals surface area contributed by atoms with Crippen LogP contribution < -0.4 is 10.6 Å². The average molecular weight is 392 g/mol. The lowest BCUT2D eigenvalue weighted by atomic mass is 10.2. The minimum absolute atomic E-state index is 0.0620. The Hall–Kier alpha value is -2.81. The van der Waals surface area contributed by atoms with Gasteiger partial charge in [-0.3, -0.25) is 4.79 Å². The number of benzene rings is 1. The van der Waals surface area contributed by atoms with Gasteiger partial charge in [0.15, 0.2) is 16.4 Å². The van der Waals surface area contributed by atoms with E-state index in [1.165, 1.54) is 0 Å². The summed E-state index contributed by atoms with van der Waals surface area (Å²) >= 11 is 0. The summed E-state index contributed by atoms with van der Waals surface area (Å²) in [5.74, 6) is -0.471. The molecule has 27 heavy (non-hydrogen) atoms. The molecule has 9 heteroatoms. The summed E-state index contributed by atoms with van der Waals surface area (Å²) in [7, 11) is -3.08. The van der Waals surface area contributed by atoms with Gasteiger partial charge in [-0.25, -0.2) is 13.2 Å². The molecule has 1 aromatic carbocycles. The first-order valence-electron chi connectivity index (χ1n) is 8.45. The van der Waals surface area contributed by atoms with Crippen LogP contribution in [0.2, 0.25) is 0 Å². The van der Waals surface area contributed by atoms with Crippen LogP contribution in [0.1, 0.15) is 22.5 Å². The molecule has 1 aromatic heterocycles. The fourth-order valence-corrected chi connectivity index (χ4v) is 4.47. The second-order valence-electron chi connectivity index (χ2n) is 6.22. The molecule has 0 aliphatic carbocycles. The normalized spacial score (nSPS) is 18.0. The van der Waals surface area contributed by atoms with E-state index in [0.717, 1.165) is 0 Å². The topological polar surface area (TPSA) is 115 Å². The van der Waals surface area contributed by atoms with E-state index in [0.29, 0.717) is 30.0 Å². The summed E-state index contributed by atoms with van der Waals surface area (Å²) < 4.78 is 33.1. The SMILES string of the molecule is O=C(COC(=O)c1ccccc1NCc1ccco1)N[C@@H]1CCS(=O)(=O)C1. The lowest BCUT2D eigenvalue weighted by Gasteiger charge is -2.13. The Morgan fingerprint density at radius 2 is 2.00 bits per heavy atom. The van der Waals surface area contributed by atoms with Crippen LogP contribution in [-0.2, 0) is 25.9 Å². The molecule has 2 aromatic rings. The smallest absolute Gasteiger partial charge is 0.340 e. The molecule has 8 nitrogen and oxygen atoms in total. The lowest BCUT2D eigenvalue weighted by molar-refractivity contribution is -0.124. The third-order valence-corrected chi connectivity index (χ3v) is 5.88. The quantitative estimate of drug-likeness (QED) is 0.684. The maximum Gasteiger partial charge on any atom is 0.340 e. The van der Waals surface area contributed by atoms with Crippen molar-refractivity contribution >= 4 is 27.4 Å². The molecule has 0 radical (unpaired) electrons. The summed E-state index contributed by atoms with van der Waals surface area (Å²) in [6, 6.07) is 9.93. The highest BCUT2D eigenvalue weighted by atomic mass is 32.2. The Morgan fingerprint density at radius 1 is 1.19 bits per heavy atom. The molecule has 0 spiro atoms. The Morgan fingerprint density at radius 3 is 2.70 bits per heavy atom. The number of hydrogen-bond acceptors (Lipinski definition) is 7. The van der Waals surface area contributed by atoms with Gasteiger partial charge in [-0.15, -0.1) is 0 Å². The molecule has 2 heterocycles. The average Bonchev–Trinajstić information content (AvgIpc) is 3.27. The first-order chi connectivity index (χ1) is 12.9. The summed E-state index contributed by atoms with van der Waals surface area (Å²) in [6.07, 6.45) is 1.94. The van der Waals surface area contributed by atoms with Crippen molar-refractivity contribution in [2.75, 3.05) is 23.4 Å². The summed E-state index contributed by atoms with van der Waals surface area (Å²) in [6.45, 7) is -0.0736. The van der Waals surface area contributed by atoms with Crippen LogP contribution in [0.3, 0.4) is 0 Å². The molecule has 2 N–H and O–H groups in total. The number of carbonyl (C=O) groups excluding carboxylic acids is 2. The number of anilines is 1. The largest absolute Gasteiger partial charge is 0.467 e. The second kappa shape index (κ2) is 8.26. The second-order valence-corrected chi connectivity index (χ2v) is 8.45. The molecule has 3 rings (SSSR count). The number of rotatable bonds is 7. The molecule has 1 saturated heterocycles. The third kappa shape index (κ3) is 5.33. The Bertz CT molecular complexity index is 908. The third-order valence-electron chi connectivity index (χ3n) is 4.11. The molecule has 1 fully saturated rings. The number of nitrogens with one attached hydrogen (secondary N) is 2. The van der Waals surface area contributed by atoms with Crippen molar-refractivity contribution in [1.82, 2.24) is 5.32 Å². The van der Waals surface area contributed by atoms with E-state index in [4.69, 9.17) is 9.15 Å². The minimum Gasteiger partial charge on any atom is -0.467 e. The zero-order chi connectivity index (χ0) is 19.3. The molecule has 144 valence electrons. The Kier molecular flexibility index (Phi) is 5.80. The zero-order valence-electron chi connectivity index (χ0n) is 14.5. The standard InChI is InChI=1S/C18H20N2O6S/c21-17(20-13-7-9-27(23,24)12-13)11-26-18(22)15-5-1-2-6-16(15)19-10-14-4-3-8-25-14/h1-6,8,13,19H,7,9-12H2,(H,20,21)/t13-/m1/s1. The number of furan rings is 1. The maximum absolute atomic E-state index is 12.3. The van der Waals surface area contributed by atoms with Gasteiger partial charge in [-0.05, 0) is 30.7 Å². The van der Waals surface area contributed by atoms with E-state index in [9.17, 15) is 18.0 Å². The first-order valence-corrected chi connectivity index (χ1v) is 10.3. The number of hydrogen-bond donors (Lipinski definition) is 2. The van der Waals surface area contributed by atoms with E-state index in [1.54, 1.807) is 36.6 Å². The number of sulfone groups is 1. The number of esters is 1. The van der Waals surface area contributed by atoms with E-state index in [1.807, 2.05) is 6.07 Å². The summed E-state index contributed by atoms with van der Waals surface area (Å²) in [4.78, 5) is 24.2. The highest BCUT2D eigenvalue weighted by molar-refractivity contribution is 7.91. The Balaban J connectivity index is 1.52. The predicted octanol–water partition coefficient (Wildman–Crippen LogP) is 1.35. The van der Waals surface area contributed by atoms with E-state index >= 15 is 0 Å². The molecular weight excluding hydrogens is 372 g/mol. The maximum atomic E-state index is 12.3. The van der Waals surface area contributed by atoms with Gasteiger partial charge in [-0.2, -0.15) is 0 Å². The molecule has 1 amide bonds. The van der Waals surface area contributed by atoms with Crippen molar-refractivity contribution in [3.63, 3.8) is 0 Å². The van der Waals surface area contributed by atoms with Crippen molar-refractivity contribution in [2.24, 2.45) is 0 Å². The van der Waals surface area contributed by atoms with Crippen LogP contribution in [0, 0.1) is 0 Å². The number of para-hydroxylation sites is 1. The van der Waals surface area contributed by atoms with Crippen LogP contribution in [0.5, 0.6) is 0 Å². The molecule has 1 aliphatic rings. The number of carbonyl (C=O) groups is 2. The van der Waals surface area contributed by atoms with Gasteiger partial charge >= 0.3 is 5.97 Å². The molecule has 0 unspecified atom stereocenters. The van der Waals surface area contributed by atoms with Gasteiger partial charge in [0.1, 0.15) is 5.76 Å². The summed E-state index contributed by atoms with van der Waals surface area (Å²) in [5, 5.41) is 5.67. The van der Waals surface area contributed by atoms with Crippen molar-refractivity contribution in [3.05, 3.63) is 54.0 Å². The van der Waals surface area contributed by atoms with Gasteiger partial charge in [0.05, 0.1) is 29.9 Å². The fraction of sp³-hybridized carbons (Fsp3) is 0.333. The Labute approximate surface area is 156 Å². The van der Waals surface area contributed by atoms with Gasteiger partial charge < -0.3 is 19.8 Å². The van der Waals surface area contributed by atoms with E-state index < -0.39 is 34.4 Å². The highest BCUT2D eigenvalue weighted by Gasteiger charge is 2.29. The van der Waals surface area contributed by atoms with E-state index in [2.05, 4.69) is 10.6 Å². The minimum atomic E-state index is -3.08. The zero-order valence-corrected chi connectivity index (χ0v) is 15.3. The first kappa shape index (κ1) is 19.0. The lowest BCUT2D eigenvalue weighted by Crippen LogP contribution is -2.38. The number of ether oxygens (including phenoxy) is 1. The van der Waals surface area contributed by atoms with Gasteiger partial charge in [0.25, 0.3) is 5.91 Å². The predicted molar refractivity (Wildman–Crippen MR) is 98.0 cm³/mol. The van der Waals surface area contributed by atoms with Crippen molar-refractivity contribution in [2.45, 2.75) is 19.0 Å². The van der Waals surface area contributed by atoms with Crippen LogP contribution in [0.15, 0.2) is 47.1 Å². The molecular formula is C18H20N2O6S. The molecule has 0 bridgehead atoms. The van der Waals surface area contributed by atoms with Crippen molar-refractivity contribution in [3.8, 4) is 0 Å². The van der Waals surface area contributed by atoms with E-state index in [-0.39, 0.29) is 11.5 Å². The van der Waals surface area contributed by atoms with Crippen LogP contribution in [0.25, 0.3) is 0 Å². The molecule has 1 atom stereocenters. The van der Waals surface area contributed by atoms with Gasteiger partial charge in [0.2, 0.25) is 0 Å². The summed E-state index contributed by atoms with van der Waals surface area (Å²) in [5.41, 5.74) is 0.849. The number of amides is 1. The fourth-order valence-electron chi connectivity index (χ4n) is 2.80.